The standard InChI is InChI=1S/C30H28N2O2/c33-29-13-25-19-7-5-17(9-19)23(25)11-21(29)15-31-27-3-1-2-4-28(27)32-16-22-12-24-18-6-8-20(10-18)26(24)14-30(22)34/h1-4,11-20,33-34H,5-10H2. The van der Waals surface area contributed by atoms with Crippen LogP contribution in [0.3, 0.4) is 0 Å². The molecule has 2 saturated carbocycles. The second kappa shape index (κ2) is 7.56. The molecule has 4 bridgehead atoms. The highest BCUT2D eigenvalue weighted by Crippen LogP contribution is 2.55. The molecule has 4 aliphatic rings. The lowest BCUT2D eigenvalue weighted by Crippen LogP contribution is -1.99. The van der Waals surface area contributed by atoms with Crippen molar-refractivity contribution in [2.24, 2.45) is 9.98 Å². The quantitative estimate of drug-likeness (QED) is 0.410. The van der Waals surface area contributed by atoms with Gasteiger partial charge in [0.25, 0.3) is 0 Å². The van der Waals surface area contributed by atoms with E-state index in [1.807, 2.05) is 36.4 Å². The summed E-state index contributed by atoms with van der Waals surface area (Å²) in [5.74, 6) is 3.12. The fourth-order valence-corrected chi connectivity index (χ4v) is 6.95. The van der Waals surface area contributed by atoms with E-state index in [4.69, 9.17) is 0 Å². The summed E-state index contributed by atoms with van der Waals surface area (Å²) in [6.45, 7) is 0. The Bertz CT molecular complexity index is 1270. The van der Waals surface area contributed by atoms with Crippen LogP contribution < -0.4 is 0 Å². The third kappa shape index (κ3) is 3.12. The highest BCUT2D eigenvalue weighted by molar-refractivity contribution is 5.90. The molecular weight excluding hydrogens is 420 g/mol. The van der Waals surface area contributed by atoms with E-state index in [0.29, 0.717) is 35.2 Å². The van der Waals surface area contributed by atoms with E-state index in [1.165, 1.54) is 60.8 Å². The molecule has 4 atom stereocenters. The number of nitrogens with zero attached hydrogens (tertiary/aromatic N) is 2. The highest BCUT2D eigenvalue weighted by atomic mass is 16.3. The van der Waals surface area contributed by atoms with Gasteiger partial charge in [-0.2, -0.15) is 0 Å². The van der Waals surface area contributed by atoms with Crippen LogP contribution in [0.15, 0.2) is 58.5 Å². The second-order valence-corrected chi connectivity index (χ2v) is 10.5. The van der Waals surface area contributed by atoms with E-state index in [1.54, 1.807) is 12.4 Å². The fourth-order valence-electron chi connectivity index (χ4n) is 6.95. The van der Waals surface area contributed by atoms with Crippen LogP contribution in [0.25, 0.3) is 0 Å². The van der Waals surface area contributed by atoms with Crippen molar-refractivity contribution in [3.63, 3.8) is 0 Å². The molecule has 0 spiro atoms. The highest BCUT2D eigenvalue weighted by Gasteiger charge is 2.38. The van der Waals surface area contributed by atoms with Crippen LogP contribution in [0.5, 0.6) is 11.5 Å². The number of benzene rings is 3. The van der Waals surface area contributed by atoms with Gasteiger partial charge in [0.2, 0.25) is 0 Å². The molecule has 0 heterocycles. The first-order chi connectivity index (χ1) is 16.6. The number of rotatable bonds is 4. The van der Waals surface area contributed by atoms with Crippen molar-refractivity contribution in [2.45, 2.75) is 62.2 Å². The first kappa shape index (κ1) is 20.0. The van der Waals surface area contributed by atoms with Crippen LogP contribution >= 0.6 is 0 Å². The number of aromatic hydroxyl groups is 2. The maximum absolute atomic E-state index is 10.6. The molecule has 0 aromatic heterocycles. The van der Waals surface area contributed by atoms with Gasteiger partial charge in [0.15, 0.2) is 0 Å². The summed E-state index contributed by atoms with van der Waals surface area (Å²) < 4.78 is 0. The molecule has 0 radical (unpaired) electrons. The minimum Gasteiger partial charge on any atom is -0.507 e. The van der Waals surface area contributed by atoms with Gasteiger partial charge < -0.3 is 10.2 Å². The molecule has 7 rings (SSSR count). The maximum atomic E-state index is 10.6. The predicted molar refractivity (Wildman–Crippen MR) is 136 cm³/mol. The van der Waals surface area contributed by atoms with Crippen molar-refractivity contribution >= 4 is 23.8 Å². The Morgan fingerprint density at radius 3 is 1.38 bits per heavy atom. The van der Waals surface area contributed by atoms with Crippen molar-refractivity contribution in [3.05, 3.63) is 81.9 Å². The van der Waals surface area contributed by atoms with Crippen LogP contribution in [-0.2, 0) is 0 Å². The molecule has 0 aliphatic heterocycles. The summed E-state index contributed by atoms with van der Waals surface area (Å²) in [5, 5.41) is 21.2. The van der Waals surface area contributed by atoms with E-state index in [0.717, 1.165) is 22.5 Å². The number of aliphatic imine (C=N–C) groups is 2. The molecule has 34 heavy (non-hydrogen) atoms. The maximum Gasteiger partial charge on any atom is 0.124 e. The molecule has 2 N–H and O–H groups in total. The van der Waals surface area contributed by atoms with Crippen molar-refractivity contribution in [1.82, 2.24) is 0 Å². The largest absolute Gasteiger partial charge is 0.507 e. The molecule has 4 unspecified atom stereocenters. The van der Waals surface area contributed by atoms with E-state index < -0.39 is 0 Å². The summed E-state index contributed by atoms with van der Waals surface area (Å²) in [5.41, 5.74) is 8.44. The summed E-state index contributed by atoms with van der Waals surface area (Å²) in [4.78, 5) is 9.37. The average molecular weight is 449 g/mol. The number of phenols is 2. The Morgan fingerprint density at radius 1 is 0.588 bits per heavy atom. The summed E-state index contributed by atoms with van der Waals surface area (Å²) >= 11 is 0. The molecule has 4 aliphatic carbocycles. The fraction of sp³-hybridized carbons (Fsp3) is 0.333. The van der Waals surface area contributed by atoms with Gasteiger partial charge in [-0.05, 0) is 121 Å². The van der Waals surface area contributed by atoms with Gasteiger partial charge in [-0.1, -0.05) is 12.1 Å². The number of hydrogen-bond donors (Lipinski definition) is 2. The van der Waals surface area contributed by atoms with Crippen molar-refractivity contribution < 1.29 is 10.2 Å². The van der Waals surface area contributed by atoms with Crippen LogP contribution in [0.1, 0.15) is 95.6 Å². The van der Waals surface area contributed by atoms with Gasteiger partial charge in [0, 0.05) is 23.6 Å². The monoisotopic (exact) mass is 448 g/mol. The van der Waals surface area contributed by atoms with E-state index in [2.05, 4.69) is 22.1 Å². The van der Waals surface area contributed by atoms with Crippen LogP contribution in [-0.4, -0.2) is 22.6 Å². The third-order valence-corrected chi connectivity index (χ3v) is 8.66. The Balaban J connectivity index is 1.18. The topological polar surface area (TPSA) is 65.2 Å². The van der Waals surface area contributed by atoms with Gasteiger partial charge in [-0.15, -0.1) is 0 Å². The van der Waals surface area contributed by atoms with Gasteiger partial charge >= 0.3 is 0 Å². The van der Waals surface area contributed by atoms with E-state index >= 15 is 0 Å². The third-order valence-electron chi connectivity index (χ3n) is 8.66. The zero-order valence-corrected chi connectivity index (χ0v) is 19.1. The smallest absolute Gasteiger partial charge is 0.124 e. The Kier molecular flexibility index (Phi) is 4.45. The molecule has 0 amide bonds. The lowest BCUT2D eigenvalue weighted by molar-refractivity contribution is 0.472. The lowest BCUT2D eigenvalue weighted by atomic mass is 9.90. The summed E-state index contributed by atoms with van der Waals surface area (Å²) in [6, 6.07) is 15.9. The first-order valence-electron chi connectivity index (χ1n) is 12.5. The minimum atomic E-state index is 0.299. The Hall–Kier alpha value is -3.40. The number of fused-ring (bicyclic) bond motifs is 10. The normalized spacial score (nSPS) is 26.1. The van der Waals surface area contributed by atoms with Crippen LogP contribution in [0.2, 0.25) is 0 Å². The van der Waals surface area contributed by atoms with Crippen LogP contribution in [0.4, 0.5) is 11.4 Å². The number of hydrogen-bond acceptors (Lipinski definition) is 4. The Labute approximate surface area is 199 Å². The molecule has 3 aromatic carbocycles. The van der Waals surface area contributed by atoms with Gasteiger partial charge in [-0.3, -0.25) is 9.98 Å². The van der Waals surface area contributed by atoms with Gasteiger partial charge in [-0.25, -0.2) is 0 Å². The molecule has 0 saturated heterocycles. The summed E-state index contributed by atoms with van der Waals surface area (Å²) in [6.07, 6.45) is 11.0. The molecule has 170 valence electrons. The average Bonchev–Trinajstić information content (AvgIpc) is 3.63. The molecular formula is C30H28N2O2. The Morgan fingerprint density at radius 2 is 0.971 bits per heavy atom. The van der Waals surface area contributed by atoms with Crippen molar-refractivity contribution in [1.29, 1.82) is 0 Å². The van der Waals surface area contributed by atoms with E-state index in [-0.39, 0.29) is 0 Å². The molecule has 4 nitrogen and oxygen atoms in total. The first-order valence-corrected chi connectivity index (χ1v) is 12.5. The van der Waals surface area contributed by atoms with Gasteiger partial charge in [0.05, 0.1) is 11.4 Å². The minimum absolute atomic E-state index is 0.299. The number of phenolic OH excluding ortho intramolecular Hbond substituents is 2. The predicted octanol–water partition coefficient (Wildman–Crippen LogP) is 7.33. The molecule has 3 aromatic rings. The zero-order valence-electron chi connectivity index (χ0n) is 19.1. The van der Waals surface area contributed by atoms with Crippen molar-refractivity contribution in [2.75, 3.05) is 0 Å². The SMILES string of the molecule is Oc1cc2c(cc1C=Nc1ccccc1N=Cc1cc3c(cc1O)C1CCC3C1)C1CCC2C1. The van der Waals surface area contributed by atoms with Gasteiger partial charge in [0.1, 0.15) is 11.5 Å². The van der Waals surface area contributed by atoms with E-state index in [9.17, 15) is 10.2 Å². The van der Waals surface area contributed by atoms with Crippen molar-refractivity contribution in [3.8, 4) is 11.5 Å². The van der Waals surface area contributed by atoms with Crippen LogP contribution in [0, 0.1) is 0 Å². The summed E-state index contributed by atoms with van der Waals surface area (Å²) in [7, 11) is 0. The molecule has 2 fully saturated rings. The lowest BCUT2D eigenvalue weighted by Gasteiger charge is -2.16. The second-order valence-electron chi connectivity index (χ2n) is 10.5. The molecule has 4 heteroatoms. The number of para-hydroxylation sites is 2. The zero-order chi connectivity index (χ0) is 22.8.